The van der Waals surface area contributed by atoms with Crippen LogP contribution in [0.5, 0.6) is 0 Å². The van der Waals surface area contributed by atoms with E-state index in [1.807, 2.05) is 18.0 Å². The van der Waals surface area contributed by atoms with E-state index in [2.05, 4.69) is 116 Å². The average Bonchev–Trinajstić information content (AvgIpc) is 4.09. The molecule has 2 aliphatic carbocycles. The molecule has 2 radical (unpaired) electrons. The average molecular weight is 939 g/mol. The van der Waals surface area contributed by atoms with Gasteiger partial charge in [-0.15, -0.1) is 10.2 Å². The van der Waals surface area contributed by atoms with Gasteiger partial charge in [-0.25, -0.2) is 0 Å². The van der Waals surface area contributed by atoms with Crippen molar-refractivity contribution < 1.29 is 0 Å². The minimum absolute atomic E-state index is 0.0873. The van der Waals surface area contributed by atoms with Gasteiger partial charge in [-0.3, -0.25) is 4.99 Å². The Hall–Kier alpha value is -3.25. The third kappa shape index (κ3) is 8.64. The number of thioether (sulfide) groups is 1. The van der Waals surface area contributed by atoms with Crippen molar-refractivity contribution in [1.82, 2.24) is 44.8 Å². The van der Waals surface area contributed by atoms with E-state index in [0.717, 1.165) is 79.4 Å². The minimum atomic E-state index is -1.12. The summed E-state index contributed by atoms with van der Waals surface area (Å²) in [6, 6.07) is 7.24. The third-order valence-corrected chi connectivity index (χ3v) is 20.1. The molecule has 16 heteroatoms. The zero-order valence-electron chi connectivity index (χ0n) is 34.9. The molecule has 2 saturated heterocycles. The van der Waals surface area contributed by atoms with Crippen molar-refractivity contribution in [3.63, 3.8) is 0 Å². The van der Waals surface area contributed by atoms with Crippen LogP contribution in [0.1, 0.15) is 62.3 Å². The van der Waals surface area contributed by atoms with E-state index < -0.39 is 21.1 Å². The summed E-state index contributed by atoms with van der Waals surface area (Å²) < 4.78 is 2.58. The van der Waals surface area contributed by atoms with Crippen LogP contribution >= 0.6 is 23.1 Å². The van der Waals surface area contributed by atoms with Gasteiger partial charge >= 0.3 is 254 Å². The molecular weight excluding hydrogens is 881 g/mol. The summed E-state index contributed by atoms with van der Waals surface area (Å²) >= 11 is 2.63. The van der Waals surface area contributed by atoms with Gasteiger partial charge in [0.15, 0.2) is 0 Å². The Morgan fingerprint density at radius 2 is 1.75 bits per heavy atom. The van der Waals surface area contributed by atoms with E-state index in [-0.39, 0.29) is 6.04 Å². The number of nitrogens with zero attached hydrogens (tertiary/aromatic N) is 12. The molecule has 3 aromatic heterocycles. The monoisotopic (exact) mass is 939 g/mol. The first-order valence-electron chi connectivity index (χ1n) is 21.7. The van der Waals surface area contributed by atoms with Crippen LogP contribution in [0.25, 0.3) is 11.0 Å². The van der Waals surface area contributed by atoms with Crippen molar-refractivity contribution in [3.05, 3.63) is 64.8 Å². The Morgan fingerprint density at radius 1 is 0.898 bits per heavy atom. The number of dihydropyridines is 1. The van der Waals surface area contributed by atoms with Crippen molar-refractivity contribution in [2.24, 2.45) is 21.9 Å². The summed E-state index contributed by atoms with van der Waals surface area (Å²) in [7, 11) is 8.89. The number of hydrazone groups is 1. The molecule has 5 aliphatic heterocycles. The summed E-state index contributed by atoms with van der Waals surface area (Å²) in [5.41, 5.74) is 5.52. The number of likely N-dealkylation sites (N-methyl/N-ethyl adjacent to an activating group) is 3. The van der Waals surface area contributed by atoms with Crippen LogP contribution in [0.2, 0.25) is 0 Å². The van der Waals surface area contributed by atoms with Gasteiger partial charge in [0.05, 0.1) is 11.7 Å². The van der Waals surface area contributed by atoms with E-state index in [9.17, 15) is 0 Å². The van der Waals surface area contributed by atoms with Gasteiger partial charge in [0.2, 0.25) is 5.13 Å². The van der Waals surface area contributed by atoms with E-state index in [1.54, 1.807) is 11.3 Å². The SMILES string of the molecule is CN1CCN(c2cnc3cc[c]([Sn][C]4=NN(C)C(C5CCC(CC6CN(C7=CC8C(=CC=C(Nc9nnc(C%10CCCC%10)s9)N8C)N=C7)CCN6C)C5)S4)nc3c2)CC1. The first kappa shape index (κ1) is 39.9. The first-order chi connectivity index (χ1) is 28.8. The fraction of sp³-hybridized carbons (Fsp3) is 0.581. The van der Waals surface area contributed by atoms with Crippen LogP contribution in [0.3, 0.4) is 0 Å². The van der Waals surface area contributed by atoms with Crippen molar-refractivity contribution >= 4 is 79.1 Å². The quantitative estimate of drug-likeness (QED) is 0.276. The zero-order valence-corrected chi connectivity index (χ0v) is 39.4. The second kappa shape index (κ2) is 17.3. The number of rotatable bonds is 10. The van der Waals surface area contributed by atoms with Crippen LogP contribution in [0.15, 0.2) is 69.9 Å². The summed E-state index contributed by atoms with van der Waals surface area (Å²) in [6.45, 7) is 7.39. The summed E-state index contributed by atoms with van der Waals surface area (Å²) in [5, 5.41) is 22.6. The molecule has 8 heterocycles. The van der Waals surface area contributed by atoms with Gasteiger partial charge in [-0.05, 0) is 25.0 Å². The van der Waals surface area contributed by atoms with Crippen LogP contribution < -0.4 is 13.9 Å². The molecular formula is C43H57N13S2Sn. The molecule has 5 atom stereocenters. The number of hydrogen-bond donors (Lipinski definition) is 1. The molecule has 2 saturated carbocycles. The Morgan fingerprint density at radius 3 is 2.61 bits per heavy atom. The number of piperazine rings is 2. The Kier molecular flexibility index (Phi) is 11.7. The maximum absolute atomic E-state index is 5.16. The van der Waals surface area contributed by atoms with Crippen LogP contribution in [0.4, 0.5) is 10.8 Å². The fourth-order valence-corrected chi connectivity index (χ4v) is 16.6. The Balaban J connectivity index is 0.727. The molecule has 0 spiro atoms. The van der Waals surface area contributed by atoms with Crippen molar-refractivity contribution in [2.75, 3.05) is 84.2 Å². The summed E-state index contributed by atoms with van der Waals surface area (Å²) in [6.07, 6.45) is 21.0. The molecule has 59 heavy (non-hydrogen) atoms. The van der Waals surface area contributed by atoms with Gasteiger partial charge in [0.25, 0.3) is 0 Å². The van der Waals surface area contributed by atoms with E-state index in [4.69, 9.17) is 20.1 Å². The van der Waals surface area contributed by atoms with E-state index in [0.29, 0.717) is 23.3 Å². The van der Waals surface area contributed by atoms with E-state index >= 15 is 0 Å². The van der Waals surface area contributed by atoms with E-state index in [1.165, 1.54) is 74.5 Å². The maximum atomic E-state index is 5.16. The van der Waals surface area contributed by atoms with Gasteiger partial charge in [0, 0.05) is 13.0 Å². The molecule has 4 fully saturated rings. The molecule has 310 valence electrons. The molecule has 0 aromatic carbocycles. The standard InChI is InChI=1S/C30H42N9S2.C13H15N4.Sn/c1-36-12-13-39(18-24(36)15-20-8-9-22(14-20)29-38(3)32-19-40-29)23-16-26-25(31-17-23)10-11-27(37(26)2)33-30-35-34-28(41-30)21-6-4-5-7-21;1-16-5-7-17(8-6-16)11-9-13-12(15-10-11)3-2-4-14-13;/h10-11,16-17,20-22,24,26,29H,4-9,12-15,18H2,1-3H3,(H,33,35);2-3,9-10H,5-8H2,1H3;. The van der Waals surface area contributed by atoms with Gasteiger partial charge in [0.1, 0.15) is 10.8 Å². The van der Waals surface area contributed by atoms with Crippen LogP contribution in [-0.4, -0.2) is 167 Å². The molecule has 7 aliphatic rings. The number of allylic oxidation sites excluding steroid dienone is 3. The predicted molar refractivity (Wildman–Crippen MR) is 244 cm³/mol. The number of pyridine rings is 2. The third-order valence-electron chi connectivity index (χ3n) is 13.8. The molecule has 3 aromatic rings. The molecule has 10 rings (SSSR count). The van der Waals surface area contributed by atoms with Crippen molar-refractivity contribution in [3.8, 4) is 0 Å². The second-order valence-electron chi connectivity index (χ2n) is 17.7. The summed E-state index contributed by atoms with van der Waals surface area (Å²) in [4.78, 5) is 27.3. The topological polar surface area (TPSA) is 108 Å². The first-order valence-corrected chi connectivity index (χ1v) is 26.3. The normalized spacial score (nSPS) is 28.3. The zero-order chi connectivity index (χ0) is 40.0. The molecule has 0 amide bonds. The number of aromatic nitrogens is 4. The number of nitrogens with one attached hydrogen (secondary N) is 1. The molecule has 0 bridgehead atoms. The molecule has 13 nitrogen and oxygen atoms in total. The second-order valence-corrected chi connectivity index (χ2v) is 24.4. The van der Waals surface area contributed by atoms with Crippen molar-refractivity contribution in [2.45, 2.75) is 74.7 Å². The Labute approximate surface area is 367 Å². The molecule has 1 N–H and O–H groups in total. The van der Waals surface area contributed by atoms with Gasteiger partial charge in [-0.1, -0.05) is 24.2 Å². The Bertz CT molecular complexity index is 2170. The number of hydrogen-bond acceptors (Lipinski definition) is 15. The fourth-order valence-electron chi connectivity index (χ4n) is 10.1. The number of aliphatic imine (C=N–C) groups is 1. The predicted octanol–water partition coefficient (Wildman–Crippen LogP) is 5.04. The number of anilines is 2. The summed E-state index contributed by atoms with van der Waals surface area (Å²) in [5.74, 6) is 3.04. The van der Waals surface area contributed by atoms with Crippen LogP contribution in [0, 0.1) is 11.8 Å². The van der Waals surface area contributed by atoms with Crippen molar-refractivity contribution in [1.29, 1.82) is 0 Å². The van der Waals surface area contributed by atoms with Gasteiger partial charge < -0.3 is 10.2 Å². The molecule has 5 unspecified atom stereocenters. The van der Waals surface area contributed by atoms with Crippen LogP contribution in [-0.2, 0) is 0 Å². The number of fused-ring (bicyclic) bond motifs is 2. The van der Waals surface area contributed by atoms with Gasteiger partial charge in [-0.2, -0.15) is 0 Å².